The van der Waals surface area contributed by atoms with Gasteiger partial charge in [0.1, 0.15) is 23.9 Å². The zero-order valence-corrected chi connectivity index (χ0v) is 18.8. The predicted molar refractivity (Wildman–Crippen MR) is 124 cm³/mol. The second-order valence-electron chi connectivity index (χ2n) is 7.96. The zero-order valence-electron chi connectivity index (χ0n) is 17.9. The molecule has 1 amide bonds. The molecule has 1 aliphatic heterocycles. The molecule has 1 saturated heterocycles. The highest BCUT2D eigenvalue weighted by atomic mass is 32.1. The van der Waals surface area contributed by atoms with Gasteiger partial charge in [-0.1, -0.05) is 18.2 Å². The summed E-state index contributed by atoms with van der Waals surface area (Å²) in [6.07, 6.45) is 1.92. The average Bonchev–Trinajstić information content (AvgIpc) is 3.55. The number of amides is 1. The summed E-state index contributed by atoms with van der Waals surface area (Å²) in [5.41, 5.74) is 3.81. The molecule has 1 aliphatic rings. The quantitative estimate of drug-likeness (QED) is 0.444. The number of hydrogen-bond acceptors (Lipinski definition) is 5. The van der Waals surface area contributed by atoms with Crippen molar-refractivity contribution in [3.8, 4) is 22.0 Å². The molecule has 33 heavy (non-hydrogen) atoms. The number of benzene rings is 2. The summed E-state index contributed by atoms with van der Waals surface area (Å²) in [6, 6.07) is 15.7. The Balaban J connectivity index is 1.49. The van der Waals surface area contributed by atoms with E-state index in [0.29, 0.717) is 18.5 Å². The average molecular weight is 464 g/mol. The highest BCUT2D eigenvalue weighted by Gasteiger charge is 2.36. The van der Waals surface area contributed by atoms with Gasteiger partial charge in [0.05, 0.1) is 10.6 Å². The number of phenols is 1. The molecule has 0 radical (unpaired) electrons. The Hall–Kier alpha value is -3.49. The maximum absolute atomic E-state index is 13.8. The van der Waals surface area contributed by atoms with Crippen LogP contribution in [0, 0.1) is 12.7 Å². The molecular weight excluding hydrogens is 441 g/mol. The van der Waals surface area contributed by atoms with Crippen LogP contribution < -0.4 is 0 Å². The summed E-state index contributed by atoms with van der Waals surface area (Å²) in [5.74, 6) is -0.141. The molecule has 2 aromatic heterocycles. The van der Waals surface area contributed by atoms with Crippen LogP contribution in [0.1, 0.15) is 22.9 Å². The van der Waals surface area contributed by atoms with Gasteiger partial charge in [0.15, 0.2) is 6.23 Å². The molecule has 0 unspecified atom stereocenters. The van der Waals surface area contributed by atoms with Crippen LogP contribution in [-0.4, -0.2) is 38.8 Å². The summed E-state index contributed by atoms with van der Waals surface area (Å²) in [4.78, 5) is 15.4. The summed E-state index contributed by atoms with van der Waals surface area (Å²) >= 11 is 1.56. The fourth-order valence-corrected chi connectivity index (χ4v) is 4.67. The summed E-state index contributed by atoms with van der Waals surface area (Å²) < 4.78 is 21.4. The van der Waals surface area contributed by atoms with E-state index >= 15 is 0 Å². The van der Waals surface area contributed by atoms with Crippen molar-refractivity contribution >= 4 is 17.2 Å². The van der Waals surface area contributed by atoms with E-state index in [9.17, 15) is 14.3 Å². The van der Waals surface area contributed by atoms with Gasteiger partial charge >= 0.3 is 0 Å². The van der Waals surface area contributed by atoms with Crippen LogP contribution in [0.3, 0.4) is 0 Å². The highest BCUT2D eigenvalue weighted by molar-refractivity contribution is 7.13. The first-order chi connectivity index (χ1) is 16.0. The van der Waals surface area contributed by atoms with Crippen LogP contribution in [0.25, 0.3) is 16.3 Å². The van der Waals surface area contributed by atoms with Gasteiger partial charge in [0.2, 0.25) is 0 Å². The van der Waals surface area contributed by atoms with Crippen LogP contribution in [-0.2, 0) is 16.0 Å². The van der Waals surface area contributed by atoms with Crippen LogP contribution in [0.15, 0.2) is 66.2 Å². The standard InChI is InChI=1S/C25H22FN3O3S/c1-16-13-18(6-9-21(16)26)29-14-20(24(27-29)22-3-2-12-33-22)25-28(23(31)15-32-25)11-10-17-4-7-19(30)8-5-17/h2-9,12-14,25,30H,10-11,15H2,1H3/t25-/m1/s1. The first-order valence-corrected chi connectivity index (χ1v) is 11.5. The third-order valence-electron chi connectivity index (χ3n) is 5.72. The van der Waals surface area contributed by atoms with E-state index in [1.54, 1.807) is 52.1 Å². The molecule has 2 aromatic carbocycles. The van der Waals surface area contributed by atoms with Gasteiger partial charge in [0.25, 0.3) is 5.91 Å². The Morgan fingerprint density at radius 2 is 2.03 bits per heavy atom. The maximum atomic E-state index is 13.8. The minimum absolute atomic E-state index is 0.00492. The number of hydrogen-bond donors (Lipinski definition) is 1. The lowest BCUT2D eigenvalue weighted by molar-refractivity contribution is -0.128. The first kappa shape index (κ1) is 21.4. The minimum Gasteiger partial charge on any atom is -0.508 e. The number of ether oxygens (including phenoxy) is 1. The molecule has 6 nitrogen and oxygen atoms in total. The van der Waals surface area contributed by atoms with Crippen molar-refractivity contribution in [1.29, 1.82) is 0 Å². The lowest BCUT2D eigenvalue weighted by Crippen LogP contribution is -2.30. The summed E-state index contributed by atoms with van der Waals surface area (Å²) in [6.45, 7) is 2.19. The molecule has 0 bridgehead atoms. The van der Waals surface area contributed by atoms with Gasteiger partial charge in [-0.05, 0) is 66.2 Å². The SMILES string of the molecule is Cc1cc(-n2cc([C@H]3OCC(=O)N3CCc3ccc(O)cc3)c(-c3cccs3)n2)ccc1F. The van der Waals surface area contributed by atoms with Crippen LogP contribution in [0.4, 0.5) is 4.39 Å². The van der Waals surface area contributed by atoms with Crippen molar-refractivity contribution in [2.24, 2.45) is 0 Å². The van der Waals surface area contributed by atoms with Gasteiger partial charge in [-0.25, -0.2) is 9.07 Å². The normalized spacial score (nSPS) is 16.0. The number of nitrogens with zero attached hydrogens (tertiary/aromatic N) is 3. The van der Waals surface area contributed by atoms with Gasteiger partial charge < -0.3 is 14.7 Å². The van der Waals surface area contributed by atoms with E-state index in [1.165, 1.54) is 6.07 Å². The summed E-state index contributed by atoms with van der Waals surface area (Å²) in [5, 5.41) is 16.3. The Morgan fingerprint density at radius 1 is 1.21 bits per heavy atom. The van der Waals surface area contributed by atoms with Crippen molar-refractivity contribution in [3.05, 3.63) is 88.7 Å². The second-order valence-corrected chi connectivity index (χ2v) is 8.90. The molecule has 1 fully saturated rings. The Labute approximate surface area is 194 Å². The molecule has 0 aliphatic carbocycles. The van der Waals surface area contributed by atoms with Crippen molar-refractivity contribution in [2.75, 3.05) is 13.2 Å². The smallest absolute Gasteiger partial charge is 0.250 e. The van der Waals surface area contributed by atoms with Crippen molar-refractivity contribution in [3.63, 3.8) is 0 Å². The van der Waals surface area contributed by atoms with Gasteiger partial charge in [-0.15, -0.1) is 11.3 Å². The van der Waals surface area contributed by atoms with E-state index < -0.39 is 6.23 Å². The van der Waals surface area contributed by atoms with Gasteiger partial charge in [-0.2, -0.15) is 5.10 Å². The Kier molecular flexibility index (Phi) is 5.70. The topological polar surface area (TPSA) is 67.6 Å². The molecule has 0 saturated carbocycles. The first-order valence-electron chi connectivity index (χ1n) is 10.6. The highest BCUT2D eigenvalue weighted by Crippen LogP contribution is 2.37. The van der Waals surface area contributed by atoms with Crippen LogP contribution in [0.5, 0.6) is 5.75 Å². The number of carbonyl (C=O) groups excluding carboxylic acids is 1. The number of aryl methyl sites for hydroxylation is 1. The van der Waals surface area contributed by atoms with Crippen molar-refractivity contribution in [2.45, 2.75) is 19.6 Å². The maximum Gasteiger partial charge on any atom is 0.250 e. The fourth-order valence-electron chi connectivity index (χ4n) is 3.94. The third-order valence-corrected chi connectivity index (χ3v) is 6.59. The number of halogens is 1. The lowest BCUT2D eigenvalue weighted by atomic mass is 10.1. The van der Waals surface area contributed by atoms with E-state index in [-0.39, 0.29) is 24.1 Å². The van der Waals surface area contributed by atoms with Crippen LogP contribution >= 0.6 is 11.3 Å². The van der Waals surface area contributed by atoms with Crippen molar-refractivity contribution in [1.82, 2.24) is 14.7 Å². The molecule has 1 atom stereocenters. The molecule has 3 heterocycles. The second kappa shape index (κ2) is 8.80. The molecular formula is C25H22FN3O3S. The number of aromatic nitrogens is 2. The zero-order chi connectivity index (χ0) is 22.9. The lowest BCUT2D eigenvalue weighted by Gasteiger charge is -2.23. The van der Waals surface area contributed by atoms with E-state index in [2.05, 4.69) is 0 Å². The van der Waals surface area contributed by atoms with Gasteiger partial charge in [0, 0.05) is 18.3 Å². The largest absolute Gasteiger partial charge is 0.508 e. The molecule has 8 heteroatoms. The summed E-state index contributed by atoms with van der Waals surface area (Å²) in [7, 11) is 0. The molecule has 0 spiro atoms. The van der Waals surface area contributed by atoms with E-state index in [1.807, 2.05) is 35.8 Å². The molecule has 1 N–H and O–H groups in total. The van der Waals surface area contributed by atoms with Crippen molar-refractivity contribution < 1.29 is 19.0 Å². The van der Waals surface area contributed by atoms with E-state index in [4.69, 9.17) is 9.84 Å². The Morgan fingerprint density at radius 3 is 2.76 bits per heavy atom. The number of carbonyl (C=O) groups is 1. The molecule has 4 aromatic rings. The number of thiophene rings is 1. The minimum atomic E-state index is -0.568. The van der Waals surface area contributed by atoms with Crippen LogP contribution in [0.2, 0.25) is 0 Å². The number of rotatable bonds is 6. The Bertz CT molecular complexity index is 1280. The molecule has 168 valence electrons. The molecule has 5 rings (SSSR count). The van der Waals surface area contributed by atoms with E-state index in [0.717, 1.165) is 27.4 Å². The monoisotopic (exact) mass is 463 g/mol. The third kappa shape index (κ3) is 4.27. The van der Waals surface area contributed by atoms with Gasteiger partial charge in [-0.3, -0.25) is 4.79 Å². The fraction of sp³-hybridized carbons (Fsp3) is 0.200. The number of phenolic OH excluding ortho intramolecular Hbond substituents is 1. The predicted octanol–water partition coefficient (Wildman–Crippen LogP) is 4.85. The number of aromatic hydroxyl groups is 1.